The van der Waals surface area contributed by atoms with Crippen molar-refractivity contribution < 1.29 is 9.59 Å². The molecule has 0 radical (unpaired) electrons. The topological polar surface area (TPSA) is 63.4 Å². The third-order valence-electron chi connectivity index (χ3n) is 2.94. The lowest BCUT2D eigenvalue weighted by atomic mass is 10.1. The highest BCUT2D eigenvalue weighted by Crippen LogP contribution is 2.33. The van der Waals surface area contributed by atoms with E-state index in [9.17, 15) is 9.59 Å². The first-order valence-corrected chi connectivity index (χ1v) is 6.06. The molecule has 1 aliphatic rings. The van der Waals surface area contributed by atoms with Crippen LogP contribution >= 0.6 is 11.3 Å². The molecule has 0 fully saturated rings. The van der Waals surface area contributed by atoms with Crippen molar-refractivity contribution in [1.82, 2.24) is 4.90 Å². The van der Waals surface area contributed by atoms with Gasteiger partial charge in [0, 0.05) is 20.0 Å². The lowest BCUT2D eigenvalue weighted by Gasteiger charge is -2.18. The number of carbonyl (C=O) groups is 2. The SMILES string of the molecule is CC(=O)N1CCCc2c(N)sc(C=O)c2C1. The number of thiophene rings is 1. The summed E-state index contributed by atoms with van der Waals surface area (Å²) in [5.41, 5.74) is 7.90. The average Bonchev–Trinajstić information content (AvgIpc) is 2.46. The Morgan fingerprint density at radius 1 is 1.50 bits per heavy atom. The number of rotatable bonds is 1. The number of amides is 1. The minimum Gasteiger partial charge on any atom is -0.390 e. The van der Waals surface area contributed by atoms with Gasteiger partial charge in [0.25, 0.3) is 0 Å². The molecule has 86 valence electrons. The summed E-state index contributed by atoms with van der Waals surface area (Å²) in [6.45, 7) is 2.82. The first-order valence-electron chi connectivity index (χ1n) is 5.24. The van der Waals surface area contributed by atoms with Gasteiger partial charge < -0.3 is 10.6 Å². The number of hydrogen-bond acceptors (Lipinski definition) is 4. The Morgan fingerprint density at radius 3 is 2.88 bits per heavy atom. The van der Waals surface area contributed by atoms with Gasteiger partial charge in [-0.15, -0.1) is 11.3 Å². The smallest absolute Gasteiger partial charge is 0.219 e. The van der Waals surface area contributed by atoms with Crippen molar-refractivity contribution in [2.45, 2.75) is 26.3 Å². The first kappa shape index (κ1) is 11.1. The number of aldehydes is 1. The highest BCUT2D eigenvalue weighted by Gasteiger charge is 2.22. The number of carbonyl (C=O) groups excluding carboxylic acids is 2. The predicted octanol–water partition coefficient (Wildman–Crippen LogP) is 1.44. The molecule has 0 unspecified atom stereocenters. The van der Waals surface area contributed by atoms with Gasteiger partial charge in [0.2, 0.25) is 5.91 Å². The van der Waals surface area contributed by atoms with Gasteiger partial charge in [0.15, 0.2) is 6.29 Å². The van der Waals surface area contributed by atoms with Crippen LogP contribution in [0.2, 0.25) is 0 Å². The van der Waals surface area contributed by atoms with Gasteiger partial charge in [-0.3, -0.25) is 9.59 Å². The molecular formula is C11H14N2O2S. The van der Waals surface area contributed by atoms with E-state index in [4.69, 9.17) is 5.73 Å². The average molecular weight is 238 g/mol. The van der Waals surface area contributed by atoms with E-state index in [0.29, 0.717) is 11.4 Å². The Bertz CT molecular complexity index is 439. The molecule has 0 bridgehead atoms. The Labute approximate surface area is 98.0 Å². The summed E-state index contributed by atoms with van der Waals surface area (Å²) in [5.74, 6) is 0.0504. The monoisotopic (exact) mass is 238 g/mol. The van der Waals surface area contributed by atoms with Gasteiger partial charge in [-0.1, -0.05) is 0 Å². The number of hydrogen-bond donors (Lipinski definition) is 1. The highest BCUT2D eigenvalue weighted by atomic mass is 32.1. The van der Waals surface area contributed by atoms with Crippen molar-refractivity contribution in [3.63, 3.8) is 0 Å². The molecule has 0 atom stereocenters. The zero-order valence-electron chi connectivity index (χ0n) is 9.16. The number of anilines is 1. The molecule has 5 heteroatoms. The number of nitrogens with two attached hydrogens (primary N) is 1. The molecule has 1 aromatic rings. The minimum absolute atomic E-state index is 0.0504. The predicted molar refractivity (Wildman–Crippen MR) is 63.5 cm³/mol. The molecule has 0 spiro atoms. The molecule has 2 heterocycles. The normalized spacial score (nSPS) is 15.4. The van der Waals surface area contributed by atoms with Crippen LogP contribution in [0.4, 0.5) is 5.00 Å². The molecule has 0 aromatic carbocycles. The zero-order chi connectivity index (χ0) is 11.7. The minimum atomic E-state index is 0.0504. The lowest BCUT2D eigenvalue weighted by molar-refractivity contribution is -0.129. The van der Waals surface area contributed by atoms with Gasteiger partial charge in [-0.25, -0.2) is 0 Å². The van der Waals surface area contributed by atoms with Crippen molar-refractivity contribution in [3.05, 3.63) is 16.0 Å². The van der Waals surface area contributed by atoms with Gasteiger partial charge in [-0.05, 0) is 24.0 Å². The van der Waals surface area contributed by atoms with E-state index >= 15 is 0 Å². The molecule has 16 heavy (non-hydrogen) atoms. The van der Waals surface area contributed by atoms with Gasteiger partial charge >= 0.3 is 0 Å². The van der Waals surface area contributed by atoms with Crippen molar-refractivity contribution in [3.8, 4) is 0 Å². The Kier molecular flexibility index (Phi) is 2.96. The summed E-state index contributed by atoms with van der Waals surface area (Å²) in [6.07, 6.45) is 2.60. The van der Waals surface area contributed by atoms with E-state index in [-0.39, 0.29) is 5.91 Å². The fourth-order valence-corrected chi connectivity index (χ4v) is 3.01. The second-order valence-electron chi connectivity index (χ2n) is 3.95. The fraction of sp³-hybridized carbons (Fsp3) is 0.455. The Hall–Kier alpha value is -1.36. The van der Waals surface area contributed by atoms with Crippen molar-refractivity contribution in [1.29, 1.82) is 0 Å². The molecule has 0 saturated carbocycles. The molecule has 4 nitrogen and oxygen atoms in total. The van der Waals surface area contributed by atoms with E-state index in [0.717, 1.165) is 41.8 Å². The second-order valence-corrected chi connectivity index (χ2v) is 5.03. The third kappa shape index (κ3) is 1.82. The van der Waals surface area contributed by atoms with Crippen LogP contribution in [-0.2, 0) is 17.8 Å². The number of nitrogens with zero attached hydrogens (tertiary/aromatic N) is 1. The van der Waals surface area contributed by atoms with E-state index in [1.165, 1.54) is 11.3 Å². The fourth-order valence-electron chi connectivity index (χ4n) is 2.07. The second kappa shape index (κ2) is 4.25. The molecule has 1 aromatic heterocycles. The van der Waals surface area contributed by atoms with Crippen LogP contribution in [0.5, 0.6) is 0 Å². The van der Waals surface area contributed by atoms with Gasteiger partial charge in [-0.2, -0.15) is 0 Å². The summed E-state index contributed by atoms with van der Waals surface area (Å²) in [6, 6.07) is 0. The molecular weight excluding hydrogens is 224 g/mol. The van der Waals surface area contributed by atoms with Crippen LogP contribution in [0.1, 0.15) is 34.1 Å². The summed E-state index contributed by atoms with van der Waals surface area (Å²) < 4.78 is 0. The summed E-state index contributed by atoms with van der Waals surface area (Å²) in [4.78, 5) is 24.7. The van der Waals surface area contributed by atoms with E-state index in [1.807, 2.05) is 0 Å². The maximum Gasteiger partial charge on any atom is 0.219 e. The van der Waals surface area contributed by atoms with Crippen molar-refractivity contribution >= 4 is 28.5 Å². The van der Waals surface area contributed by atoms with Crippen LogP contribution in [0.15, 0.2) is 0 Å². The maximum absolute atomic E-state index is 11.4. The summed E-state index contributed by atoms with van der Waals surface area (Å²) >= 11 is 1.32. The van der Waals surface area contributed by atoms with E-state index in [2.05, 4.69) is 0 Å². The molecule has 0 aliphatic carbocycles. The molecule has 2 N–H and O–H groups in total. The molecule has 2 rings (SSSR count). The van der Waals surface area contributed by atoms with Crippen molar-refractivity contribution in [2.24, 2.45) is 0 Å². The molecule has 1 amide bonds. The van der Waals surface area contributed by atoms with E-state index < -0.39 is 0 Å². The van der Waals surface area contributed by atoms with Gasteiger partial charge in [0.05, 0.1) is 9.88 Å². The van der Waals surface area contributed by atoms with Crippen LogP contribution in [0.3, 0.4) is 0 Å². The van der Waals surface area contributed by atoms with Crippen molar-refractivity contribution in [2.75, 3.05) is 12.3 Å². The molecule has 1 aliphatic heterocycles. The Morgan fingerprint density at radius 2 is 2.25 bits per heavy atom. The first-order chi connectivity index (χ1) is 7.63. The maximum atomic E-state index is 11.4. The largest absolute Gasteiger partial charge is 0.390 e. The van der Waals surface area contributed by atoms with Crippen LogP contribution < -0.4 is 5.73 Å². The highest BCUT2D eigenvalue weighted by molar-refractivity contribution is 7.17. The van der Waals surface area contributed by atoms with Crippen LogP contribution in [0, 0.1) is 0 Å². The van der Waals surface area contributed by atoms with Crippen LogP contribution in [-0.4, -0.2) is 23.6 Å². The number of fused-ring (bicyclic) bond motifs is 1. The molecule has 0 saturated heterocycles. The summed E-state index contributed by atoms with van der Waals surface area (Å²) in [5, 5.41) is 0.725. The quantitative estimate of drug-likeness (QED) is 0.753. The van der Waals surface area contributed by atoms with E-state index in [1.54, 1.807) is 11.8 Å². The third-order valence-corrected chi connectivity index (χ3v) is 3.96. The number of nitrogen functional groups attached to an aromatic ring is 1. The standard InChI is InChI=1S/C11H14N2O2S/c1-7(15)13-4-2-3-8-9(5-13)10(6-14)16-11(8)12/h6H,2-5,12H2,1H3. The van der Waals surface area contributed by atoms with Crippen LogP contribution in [0.25, 0.3) is 0 Å². The Balaban J connectivity index is 2.41. The van der Waals surface area contributed by atoms with Gasteiger partial charge in [0.1, 0.15) is 0 Å². The lowest BCUT2D eigenvalue weighted by Crippen LogP contribution is -2.28. The summed E-state index contributed by atoms with van der Waals surface area (Å²) in [7, 11) is 0. The zero-order valence-corrected chi connectivity index (χ0v) is 9.97.